The molecule has 5 nitrogen and oxygen atoms in total. The maximum Gasteiger partial charge on any atom is 0.234 e. The zero-order valence-electron chi connectivity index (χ0n) is 11.5. The normalized spacial score (nSPS) is 21.6. The van der Waals surface area contributed by atoms with E-state index in [4.69, 9.17) is 4.74 Å². The van der Waals surface area contributed by atoms with Crippen LogP contribution in [0.4, 0.5) is 0 Å². The topological polar surface area (TPSA) is 44.8 Å². The monoisotopic (exact) mass is 255 g/mol. The summed E-state index contributed by atoms with van der Waals surface area (Å²) in [5.74, 6) is 0.523. The van der Waals surface area contributed by atoms with Crippen molar-refractivity contribution in [3.8, 4) is 0 Å². The molecule has 0 aliphatic carbocycles. The Morgan fingerprint density at radius 2 is 2.39 bits per heavy atom. The number of hydrogen-bond donors (Lipinski definition) is 1. The van der Waals surface area contributed by atoms with E-state index in [0.29, 0.717) is 25.6 Å². The number of ether oxygens (including phenoxy) is 1. The van der Waals surface area contributed by atoms with Crippen molar-refractivity contribution < 1.29 is 9.53 Å². The summed E-state index contributed by atoms with van der Waals surface area (Å²) in [6, 6.07) is 0. The van der Waals surface area contributed by atoms with Crippen molar-refractivity contribution in [3.63, 3.8) is 0 Å². The summed E-state index contributed by atoms with van der Waals surface area (Å²) in [6.45, 7) is 8.78. The van der Waals surface area contributed by atoms with Gasteiger partial charge in [0, 0.05) is 32.1 Å². The number of carbonyl (C=O) groups is 1. The van der Waals surface area contributed by atoms with Crippen molar-refractivity contribution in [2.75, 3.05) is 60.0 Å². The molecule has 1 aliphatic heterocycles. The van der Waals surface area contributed by atoms with Crippen molar-refractivity contribution in [3.05, 3.63) is 12.7 Å². The van der Waals surface area contributed by atoms with Crippen LogP contribution in [-0.2, 0) is 9.53 Å². The standard InChI is InChI=1S/C13H25N3O2/c1-4-5-14-13(17)10-16-6-7-18-11-12(9-16)8-15(2)3/h4,12H,1,5-11H2,2-3H3,(H,14,17). The lowest BCUT2D eigenvalue weighted by molar-refractivity contribution is -0.122. The average molecular weight is 255 g/mol. The number of rotatable bonds is 6. The van der Waals surface area contributed by atoms with Crippen LogP contribution in [0.2, 0.25) is 0 Å². The second-order valence-corrected chi connectivity index (χ2v) is 5.03. The third kappa shape index (κ3) is 6.14. The van der Waals surface area contributed by atoms with Crippen LogP contribution in [0.1, 0.15) is 0 Å². The number of nitrogens with one attached hydrogen (secondary N) is 1. The van der Waals surface area contributed by atoms with E-state index in [9.17, 15) is 4.79 Å². The van der Waals surface area contributed by atoms with Crippen molar-refractivity contribution in [2.24, 2.45) is 5.92 Å². The molecule has 1 atom stereocenters. The predicted octanol–water partition coefficient (Wildman–Crippen LogP) is -0.201. The molecular weight excluding hydrogens is 230 g/mol. The predicted molar refractivity (Wildman–Crippen MR) is 72.5 cm³/mol. The minimum Gasteiger partial charge on any atom is -0.380 e. The minimum absolute atomic E-state index is 0.0559. The van der Waals surface area contributed by atoms with E-state index in [2.05, 4.69) is 35.8 Å². The van der Waals surface area contributed by atoms with Gasteiger partial charge < -0.3 is 15.0 Å². The Morgan fingerprint density at radius 3 is 3.06 bits per heavy atom. The second-order valence-electron chi connectivity index (χ2n) is 5.03. The Morgan fingerprint density at radius 1 is 1.61 bits per heavy atom. The van der Waals surface area contributed by atoms with Crippen LogP contribution in [-0.4, -0.2) is 75.7 Å². The molecule has 1 fully saturated rings. The maximum absolute atomic E-state index is 11.7. The Hall–Kier alpha value is -0.910. The highest BCUT2D eigenvalue weighted by molar-refractivity contribution is 5.78. The molecule has 1 aliphatic rings. The lowest BCUT2D eigenvalue weighted by atomic mass is 10.1. The van der Waals surface area contributed by atoms with E-state index in [1.54, 1.807) is 6.08 Å². The number of hydrogen-bond acceptors (Lipinski definition) is 4. The Bertz CT molecular complexity index is 269. The number of carbonyl (C=O) groups excluding carboxylic acids is 1. The van der Waals surface area contributed by atoms with E-state index in [-0.39, 0.29) is 5.91 Å². The number of nitrogens with zero attached hydrogens (tertiary/aromatic N) is 2. The molecule has 0 saturated carbocycles. The van der Waals surface area contributed by atoms with Crippen molar-refractivity contribution in [1.29, 1.82) is 0 Å². The largest absolute Gasteiger partial charge is 0.380 e. The fourth-order valence-electron chi connectivity index (χ4n) is 2.17. The van der Waals surface area contributed by atoms with Gasteiger partial charge in [-0.15, -0.1) is 6.58 Å². The van der Waals surface area contributed by atoms with Crippen LogP contribution in [0.5, 0.6) is 0 Å². The van der Waals surface area contributed by atoms with Gasteiger partial charge in [0.05, 0.1) is 19.8 Å². The molecule has 0 aromatic heterocycles. The van der Waals surface area contributed by atoms with Gasteiger partial charge in [0.2, 0.25) is 5.91 Å². The molecule has 5 heteroatoms. The summed E-state index contributed by atoms with van der Waals surface area (Å²) in [6.07, 6.45) is 1.69. The van der Waals surface area contributed by atoms with Crippen LogP contribution < -0.4 is 5.32 Å². The fraction of sp³-hybridized carbons (Fsp3) is 0.769. The molecule has 1 amide bonds. The Labute approximate surface area is 110 Å². The molecule has 0 bridgehead atoms. The van der Waals surface area contributed by atoms with Crippen LogP contribution in [0.3, 0.4) is 0 Å². The number of amides is 1. The molecule has 1 rings (SSSR count). The van der Waals surface area contributed by atoms with Crippen LogP contribution in [0, 0.1) is 5.92 Å². The molecule has 1 N–H and O–H groups in total. The molecule has 104 valence electrons. The summed E-state index contributed by atoms with van der Waals surface area (Å²) in [5.41, 5.74) is 0. The summed E-state index contributed by atoms with van der Waals surface area (Å²) >= 11 is 0. The van der Waals surface area contributed by atoms with Crippen LogP contribution >= 0.6 is 0 Å². The summed E-state index contributed by atoms with van der Waals surface area (Å²) in [5, 5.41) is 2.81. The van der Waals surface area contributed by atoms with Crippen molar-refractivity contribution in [2.45, 2.75) is 0 Å². The zero-order chi connectivity index (χ0) is 13.4. The molecule has 1 saturated heterocycles. The Balaban J connectivity index is 2.38. The average Bonchev–Trinajstić information content (AvgIpc) is 2.51. The van der Waals surface area contributed by atoms with E-state index in [0.717, 1.165) is 26.2 Å². The van der Waals surface area contributed by atoms with Gasteiger partial charge in [-0.05, 0) is 14.1 Å². The SMILES string of the molecule is C=CCNC(=O)CN1CCOCC(CN(C)C)C1. The maximum atomic E-state index is 11.7. The highest BCUT2D eigenvalue weighted by Gasteiger charge is 2.20. The van der Waals surface area contributed by atoms with Crippen molar-refractivity contribution in [1.82, 2.24) is 15.1 Å². The van der Waals surface area contributed by atoms with Gasteiger partial charge in [0.15, 0.2) is 0 Å². The molecule has 0 aromatic carbocycles. The van der Waals surface area contributed by atoms with E-state index in [1.807, 2.05) is 0 Å². The molecule has 0 spiro atoms. The quantitative estimate of drug-likeness (QED) is 0.668. The van der Waals surface area contributed by atoms with Gasteiger partial charge in [0.1, 0.15) is 0 Å². The first-order valence-corrected chi connectivity index (χ1v) is 6.44. The molecule has 1 unspecified atom stereocenters. The second kappa shape index (κ2) is 8.24. The van der Waals surface area contributed by atoms with Crippen LogP contribution in [0.25, 0.3) is 0 Å². The first-order chi connectivity index (χ1) is 8.61. The first kappa shape index (κ1) is 15.1. The highest BCUT2D eigenvalue weighted by atomic mass is 16.5. The smallest absolute Gasteiger partial charge is 0.234 e. The van der Waals surface area contributed by atoms with E-state index in [1.165, 1.54) is 0 Å². The third-order valence-corrected chi connectivity index (χ3v) is 2.86. The van der Waals surface area contributed by atoms with Gasteiger partial charge in [0.25, 0.3) is 0 Å². The molecule has 18 heavy (non-hydrogen) atoms. The van der Waals surface area contributed by atoms with Gasteiger partial charge >= 0.3 is 0 Å². The van der Waals surface area contributed by atoms with Gasteiger partial charge in [-0.1, -0.05) is 6.08 Å². The fourth-order valence-corrected chi connectivity index (χ4v) is 2.17. The lowest BCUT2D eigenvalue weighted by Crippen LogP contribution is -2.41. The lowest BCUT2D eigenvalue weighted by Gasteiger charge is -2.24. The van der Waals surface area contributed by atoms with E-state index >= 15 is 0 Å². The third-order valence-electron chi connectivity index (χ3n) is 2.86. The Kier molecular flexibility index (Phi) is 6.93. The summed E-state index contributed by atoms with van der Waals surface area (Å²) in [7, 11) is 4.12. The molecule has 0 aromatic rings. The molecule has 0 radical (unpaired) electrons. The summed E-state index contributed by atoms with van der Waals surface area (Å²) < 4.78 is 5.58. The van der Waals surface area contributed by atoms with Crippen LogP contribution in [0.15, 0.2) is 12.7 Å². The zero-order valence-corrected chi connectivity index (χ0v) is 11.5. The summed E-state index contributed by atoms with van der Waals surface area (Å²) in [4.78, 5) is 16.0. The van der Waals surface area contributed by atoms with E-state index < -0.39 is 0 Å². The molecular formula is C13H25N3O2. The minimum atomic E-state index is 0.0559. The van der Waals surface area contributed by atoms with Gasteiger partial charge in [-0.2, -0.15) is 0 Å². The first-order valence-electron chi connectivity index (χ1n) is 6.44. The van der Waals surface area contributed by atoms with Gasteiger partial charge in [-0.3, -0.25) is 9.69 Å². The van der Waals surface area contributed by atoms with Crippen molar-refractivity contribution >= 4 is 5.91 Å². The molecule has 1 heterocycles. The van der Waals surface area contributed by atoms with Gasteiger partial charge in [-0.25, -0.2) is 0 Å². The highest BCUT2D eigenvalue weighted by Crippen LogP contribution is 2.07.